The van der Waals surface area contributed by atoms with Crippen LogP contribution in [0.15, 0.2) is 54.6 Å². The van der Waals surface area contributed by atoms with Gasteiger partial charge in [0.15, 0.2) is 0 Å². The highest BCUT2D eigenvalue weighted by atomic mass is 15.1. The van der Waals surface area contributed by atoms with Crippen molar-refractivity contribution < 1.29 is 0 Å². The first-order chi connectivity index (χ1) is 10.9. The highest BCUT2D eigenvalue weighted by molar-refractivity contribution is 5.22. The summed E-state index contributed by atoms with van der Waals surface area (Å²) in [7, 11) is 0. The van der Waals surface area contributed by atoms with Gasteiger partial charge in [-0.15, -0.1) is 0 Å². The van der Waals surface area contributed by atoms with Crippen LogP contribution in [0.3, 0.4) is 0 Å². The highest BCUT2D eigenvalue weighted by Crippen LogP contribution is 2.13. The minimum absolute atomic E-state index is 0.927. The maximum absolute atomic E-state index is 3.51. The number of hydrogen-bond acceptors (Lipinski definition) is 2. The maximum atomic E-state index is 3.51. The summed E-state index contributed by atoms with van der Waals surface area (Å²) in [6, 6.07) is 19.7. The third-order valence-corrected chi connectivity index (χ3v) is 4.38. The van der Waals surface area contributed by atoms with Crippen molar-refractivity contribution in [1.29, 1.82) is 0 Å². The molecule has 0 saturated carbocycles. The molecule has 2 aromatic rings. The lowest BCUT2D eigenvalue weighted by Crippen LogP contribution is -2.29. The van der Waals surface area contributed by atoms with E-state index in [1.54, 1.807) is 0 Å². The van der Waals surface area contributed by atoms with E-state index in [1.165, 1.54) is 49.0 Å². The highest BCUT2D eigenvalue weighted by Gasteiger charge is 2.09. The molecule has 3 rings (SSSR count). The van der Waals surface area contributed by atoms with Crippen molar-refractivity contribution in [3.05, 3.63) is 71.3 Å². The fourth-order valence-corrected chi connectivity index (χ4v) is 3.09. The van der Waals surface area contributed by atoms with Gasteiger partial charge in [0.2, 0.25) is 0 Å². The Kier molecular flexibility index (Phi) is 5.63. The summed E-state index contributed by atoms with van der Waals surface area (Å²) in [6.45, 7) is 5.49. The lowest BCUT2D eigenvalue weighted by molar-refractivity contribution is 0.221. The standard InChI is InChI=1S/C20H26N2/c1-3-7-18(8-4-1)15-21-16-19-9-11-20(12-10-19)17-22-13-5-2-6-14-22/h1,3-4,7-12,21H,2,5-6,13-17H2. The van der Waals surface area contributed by atoms with Crippen LogP contribution in [0, 0.1) is 0 Å². The van der Waals surface area contributed by atoms with Crippen LogP contribution < -0.4 is 5.32 Å². The molecule has 22 heavy (non-hydrogen) atoms. The molecule has 1 saturated heterocycles. The summed E-state index contributed by atoms with van der Waals surface area (Å²) in [5.41, 5.74) is 4.14. The molecule has 0 amide bonds. The molecular weight excluding hydrogens is 268 g/mol. The Hall–Kier alpha value is -1.64. The molecule has 0 spiro atoms. The van der Waals surface area contributed by atoms with Gasteiger partial charge in [-0.05, 0) is 42.6 Å². The molecule has 1 heterocycles. The monoisotopic (exact) mass is 294 g/mol. The molecule has 1 aliphatic heterocycles. The van der Waals surface area contributed by atoms with Gasteiger partial charge in [0.25, 0.3) is 0 Å². The van der Waals surface area contributed by atoms with Crippen LogP contribution in [-0.4, -0.2) is 18.0 Å². The zero-order chi connectivity index (χ0) is 15.0. The molecular formula is C20H26N2. The van der Waals surface area contributed by atoms with E-state index in [2.05, 4.69) is 64.8 Å². The van der Waals surface area contributed by atoms with Crippen LogP contribution >= 0.6 is 0 Å². The van der Waals surface area contributed by atoms with Gasteiger partial charge in [0, 0.05) is 19.6 Å². The van der Waals surface area contributed by atoms with E-state index in [-0.39, 0.29) is 0 Å². The molecule has 2 aromatic carbocycles. The van der Waals surface area contributed by atoms with Gasteiger partial charge in [-0.25, -0.2) is 0 Å². The molecule has 2 heteroatoms. The van der Waals surface area contributed by atoms with Crippen molar-refractivity contribution >= 4 is 0 Å². The second-order valence-electron chi connectivity index (χ2n) is 6.24. The first kappa shape index (κ1) is 15.3. The van der Waals surface area contributed by atoms with Crippen LogP contribution in [0.4, 0.5) is 0 Å². The number of likely N-dealkylation sites (tertiary alicyclic amines) is 1. The average molecular weight is 294 g/mol. The molecule has 0 atom stereocenters. The third-order valence-electron chi connectivity index (χ3n) is 4.38. The first-order valence-electron chi connectivity index (χ1n) is 8.45. The molecule has 1 fully saturated rings. The molecule has 0 unspecified atom stereocenters. The predicted molar refractivity (Wildman–Crippen MR) is 92.6 cm³/mol. The summed E-state index contributed by atoms with van der Waals surface area (Å²) >= 11 is 0. The minimum Gasteiger partial charge on any atom is -0.309 e. The van der Waals surface area contributed by atoms with E-state index in [4.69, 9.17) is 0 Å². The lowest BCUT2D eigenvalue weighted by atomic mass is 10.1. The van der Waals surface area contributed by atoms with Crippen LogP contribution in [-0.2, 0) is 19.6 Å². The Morgan fingerprint density at radius 1 is 0.682 bits per heavy atom. The summed E-state index contributed by atoms with van der Waals surface area (Å²) in [4.78, 5) is 2.58. The second kappa shape index (κ2) is 8.11. The zero-order valence-corrected chi connectivity index (χ0v) is 13.3. The smallest absolute Gasteiger partial charge is 0.0233 e. The largest absolute Gasteiger partial charge is 0.309 e. The summed E-state index contributed by atoms with van der Waals surface area (Å²) < 4.78 is 0. The van der Waals surface area contributed by atoms with Crippen LogP contribution in [0.5, 0.6) is 0 Å². The second-order valence-corrected chi connectivity index (χ2v) is 6.24. The maximum Gasteiger partial charge on any atom is 0.0233 e. The number of benzene rings is 2. The van der Waals surface area contributed by atoms with Gasteiger partial charge in [0.05, 0.1) is 0 Å². The normalized spacial score (nSPS) is 15.8. The van der Waals surface area contributed by atoms with Crippen LogP contribution in [0.25, 0.3) is 0 Å². The Morgan fingerprint density at radius 2 is 1.27 bits per heavy atom. The number of nitrogens with one attached hydrogen (secondary N) is 1. The van der Waals surface area contributed by atoms with E-state index in [0.29, 0.717) is 0 Å². The zero-order valence-electron chi connectivity index (χ0n) is 13.3. The Labute approximate surface area is 134 Å². The molecule has 116 valence electrons. The van der Waals surface area contributed by atoms with Gasteiger partial charge in [0.1, 0.15) is 0 Å². The molecule has 0 bridgehead atoms. The topological polar surface area (TPSA) is 15.3 Å². The molecule has 2 nitrogen and oxygen atoms in total. The van der Waals surface area contributed by atoms with Crippen molar-refractivity contribution in [1.82, 2.24) is 10.2 Å². The predicted octanol–water partition coefficient (Wildman–Crippen LogP) is 3.96. The number of hydrogen-bond donors (Lipinski definition) is 1. The average Bonchev–Trinajstić information content (AvgIpc) is 2.58. The van der Waals surface area contributed by atoms with E-state index >= 15 is 0 Å². The van der Waals surface area contributed by atoms with Crippen molar-refractivity contribution in [3.8, 4) is 0 Å². The van der Waals surface area contributed by atoms with Gasteiger partial charge in [-0.2, -0.15) is 0 Å². The van der Waals surface area contributed by atoms with Gasteiger partial charge in [-0.1, -0.05) is 61.0 Å². The van der Waals surface area contributed by atoms with Gasteiger partial charge in [-0.3, -0.25) is 4.90 Å². The molecule has 1 aliphatic rings. The molecule has 1 N–H and O–H groups in total. The first-order valence-corrected chi connectivity index (χ1v) is 8.45. The van der Waals surface area contributed by atoms with E-state index in [1.807, 2.05) is 0 Å². The van der Waals surface area contributed by atoms with E-state index < -0.39 is 0 Å². The SMILES string of the molecule is c1ccc(CNCc2ccc(CN3CCCCC3)cc2)cc1. The Bertz CT molecular complexity index is 542. The van der Waals surface area contributed by atoms with E-state index in [9.17, 15) is 0 Å². The van der Waals surface area contributed by atoms with Gasteiger partial charge >= 0.3 is 0 Å². The Balaban J connectivity index is 1.44. The summed E-state index contributed by atoms with van der Waals surface area (Å²) in [5.74, 6) is 0. The fourth-order valence-electron chi connectivity index (χ4n) is 3.09. The minimum atomic E-state index is 0.927. The molecule has 0 aromatic heterocycles. The lowest BCUT2D eigenvalue weighted by Gasteiger charge is -2.26. The fraction of sp³-hybridized carbons (Fsp3) is 0.400. The van der Waals surface area contributed by atoms with Crippen LogP contribution in [0.1, 0.15) is 36.0 Å². The number of nitrogens with zero attached hydrogens (tertiary/aromatic N) is 1. The van der Waals surface area contributed by atoms with Crippen molar-refractivity contribution in [2.75, 3.05) is 13.1 Å². The van der Waals surface area contributed by atoms with Gasteiger partial charge < -0.3 is 5.32 Å². The quantitative estimate of drug-likeness (QED) is 0.867. The van der Waals surface area contributed by atoms with Crippen molar-refractivity contribution in [2.45, 2.75) is 38.9 Å². The summed E-state index contributed by atoms with van der Waals surface area (Å²) in [6.07, 6.45) is 4.13. The molecule has 0 aliphatic carbocycles. The van der Waals surface area contributed by atoms with E-state index in [0.717, 1.165) is 19.6 Å². The Morgan fingerprint density at radius 3 is 1.95 bits per heavy atom. The number of rotatable bonds is 6. The van der Waals surface area contributed by atoms with Crippen molar-refractivity contribution in [3.63, 3.8) is 0 Å². The summed E-state index contributed by atoms with van der Waals surface area (Å²) in [5, 5.41) is 3.51. The third kappa shape index (κ3) is 4.69. The molecule has 0 radical (unpaired) electrons. The number of piperidine rings is 1. The van der Waals surface area contributed by atoms with Crippen molar-refractivity contribution in [2.24, 2.45) is 0 Å². The van der Waals surface area contributed by atoms with Crippen LogP contribution in [0.2, 0.25) is 0 Å².